The number of nitrogens with one attached hydrogen (secondary N) is 1. The molecule has 1 N–H and O–H groups in total. The first kappa shape index (κ1) is 20.5. The predicted molar refractivity (Wildman–Crippen MR) is 108 cm³/mol. The van der Waals surface area contributed by atoms with Crippen molar-refractivity contribution in [2.75, 3.05) is 12.4 Å². The fourth-order valence-corrected chi connectivity index (χ4v) is 2.71. The fraction of sp³-hybridized carbons (Fsp3) is 0.364. The van der Waals surface area contributed by atoms with E-state index < -0.39 is 5.41 Å². The summed E-state index contributed by atoms with van der Waals surface area (Å²) in [5.41, 5.74) is 0.358. The van der Waals surface area contributed by atoms with Crippen molar-refractivity contribution in [3.63, 3.8) is 0 Å². The molecule has 0 spiro atoms. The third-order valence-corrected chi connectivity index (χ3v) is 4.21. The Bertz CT molecular complexity index is 785. The third kappa shape index (κ3) is 5.33. The van der Waals surface area contributed by atoms with Crippen LogP contribution < -0.4 is 10.1 Å². The van der Waals surface area contributed by atoms with E-state index in [9.17, 15) is 9.59 Å². The van der Waals surface area contributed by atoms with E-state index in [1.807, 2.05) is 56.3 Å². The number of anilines is 1. The van der Waals surface area contributed by atoms with Crippen LogP contribution in [-0.2, 0) is 16.1 Å². The zero-order valence-electron chi connectivity index (χ0n) is 16.7. The van der Waals surface area contributed by atoms with Gasteiger partial charge in [-0.3, -0.25) is 9.59 Å². The van der Waals surface area contributed by atoms with E-state index >= 15 is 0 Å². The zero-order chi connectivity index (χ0) is 20.0. The maximum absolute atomic E-state index is 12.9. The van der Waals surface area contributed by atoms with E-state index in [1.165, 1.54) is 0 Å². The summed E-state index contributed by atoms with van der Waals surface area (Å²) in [4.78, 5) is 27.3. The van der Waals surface area contributed by atoms with Crippen molar-refractivity contribution in [2.45, 2.75) is 40.3 Å². The average molecular weight is 368 g/mol. The van der Waals surface area contributed by atoms with Crippen molar-refractivity contribution in [3.05, 3.63) is 60.2 Å². The van der Waals surface area contributed by atoms with Gasteiger partial charge in [0, 0.05) is 13.6 Å². The van der Waals surface area contributed by atoms with Crippen LogP contribution in [0.15, 0.2) is 54.6 Å². The SMILES string of the molecule is CC(C)Oc1ccccc1NC(=O)C(C)(C)C(=O)N(C)Cc1ccccc1. The lowest BCUT2D eigenvalue weighted by molar-refractivity contribution is -0.145. The molecule has 0 atom stereocenters. The molecule has 2 amide bonds. The molecular weight excluding hydrogens is 340 g/mol. The van der Waals surface area contributed by atoms with Crippen LogP contribution in [-0.4, -0.2) is 29.9 Å². The van der Waals surface area contributed by atoms with Crippen LogP contribution in [0.25, 0.3) is 0 Å². The Morgan fingerprint density at radius 1 is 1.04 bits per heavy atom. The topological polar surface area (TPSA) is 58.6 Å². The first-order valence-corrected chi connectivity index (χ1v) is 9.08. The minimum atomic E-state index is -1.21. The molecule has 0 aromatic heterocycles. The molecule has 2 rings (SSSR count). The Morgan fingerprint density at radius 2 is 1.63 bits per heavy atom. The van der Waals surface area contributed by atoms with Gasteiger partial charge in [-0.1, -0.05) is 42.5 Å². The second-order valence-electron chi connectivity index (χ2n) is 7.39. The highest BCUT2D eigenvalue weighted by molar-refractivity contribution is 6.10. The smallest absolute Gasteiger partial charge is 0.239 e. The number of amides is 2. The lowest BCUT2D eigenvalue weighted by Gasteiger charge is -2.29. The monoisotopic (exact) mass is 368 g/mol. The third-order valence-electron chi connectivity index (χ3n) is 4.21. The molecule has 144 valence electrons. The Labute approximate surface area is 161 Å². The molecule has 0 unspecified atom stereocenters. The van der Waals surface area contributed by atoms with Crippen molar-refractivity contribution in [1.29, 1.82) is 0 Å². The molecule has 27 heavy (non-hydrogen) atoms. The Balaban J connectivity index is 2.11. The quantitative estimate of drug-likeness (QED) is 0.749. The number of carbonyl (C=O) groups is 2. The number of benzene rings is 2. The highest BCUT2D eigenvalue weighted by Gasteiger charge is 2.38. The van der Waals surface area contributed by atoms with Gasteiger partial charge in [0.2, 0.25) is 11.8 Å². The van der Waals surface area contributed by atoms with Gasteiger partial charge in [-0.2, -0.15) is 0 Å². The molecule has 2 aromatic carbocycles. The maximum atomic E-state index is 12.9. The van der Waals surface area contributed by atoms with Crippen molar-refractivity contribution in [1.82, 2.24) is 4.90 Å². The number of para-hydroxylation sites is 2. The number of ether oxygens (including phenoxy) is 1. The highest BCUT2D eigenvalue weighted by atomic mass is 16.5. The molecule has 2 aromatic rings. The summed E-state index contributed by atoms with van der Waals surface area (Å²) in [5.74, 6) is -0.0277. The second-order valence-corrected chi connectivity index (χ2v) is 7.39. The highest BCUT2D eigenvalue weighted by Crippen LogP contribution is 2.28. The van der Waals surface area contributed by atoms with Gasteiger partial charge < -0.3 is 15.0 Å². The summed E-state index contributed by atoms with van der Waals surface area (Å²) in [6.07, 6.45) is -0.0188. The summed E-state index contributed by atoms with van der Waals surface area (Å²) >= 11 is 0. The Morgan fingerprint density at radius 3 is 2.26 bits per heavy atom. The van der Waals surface area contributed by atoms with Gasteiger partial charge in [-0.25, -0.2) is 0 Å². The van der Waals surface area contributed by atoms with Gasteiger partial charge in [0.1, 0.15) is 11.2 Å². The van der Waals surface area contributed by atoms with Crippen LogP contribution in [0.3, 0.4) is 0 Å². The van der Waals surface area contributed by atoms with E-state index in [1.54, 1.807) is 37.9 Å². The van der Waals surface area contributed by atoms with E-state index in [0.717, 1.165) is 5.56 Å². The van der Waals surface area contributed by atoms with Gasteiger partial charge in [0.25, 0.3) is 0 Å². The molecular formula is C22H28N2O3. The number of hydrogen-bond acceptors (Lipinski definition) is 3. The molecule has 5 heteroatoms. The molecule has 0 radical (unpaired) electrons. The van der Waals surface area contributed by atoms with E-state index in [2.05, 4.69) is 5.32 Å². The van der Waals surface area contributed by atoms with Crippen LogP contribution in [0.1, 0.15) is 33.3 Å². The van der Waals surface area contributed by atoms with Crippen LogP contribution in [0.4, 0.5) is 5.69 Å². The van der Waals surface area contributed by atoms with Crippen molar-refractivity contribution in [2.24, 2.45) is 5.41 Å². The minimum absolute atomic E-state index is 0.0188. The first-order valence-electron chi connectivity index (χ1n) is 9.08. The van der Waals surface area contributed by atoms with E-state index in [4.69, 9.17) is 4.74 Å². The first-order chi connectivity index (χ1) is 12.7. The number of rotatable bonds is 7. The molecule has 0 aliphatic rings. The van der Waals surface area contributed by atoms with Crippen LogP contribution in [0.2, 0.25) is 0 Å². The van der Waals surface area contributed by atoms with Gasteiger partial charge >= 0.3 is 0 Å². The van der Waals surface area contributed by atoms with Gasteiger partial charge in [-0.05, 0) is 45.4 Å². The Kier molecular flexibility index (Phi) is 6.61. The van der Waals surface area contributed by atoms with Gasteiger partial charge in [0.05, 0.1) is 11.8 Å². The number of hydrogen-bond donors (Lipinski definition) is 1. The van der Waals surface area contributed by atoms with Crippen molar-refractivity contribution >= 4 is 17.5 Å². The largest absolute Gasteiger partial charge is 0.489 e. The number of carbonyl (C=O) groups excluding carboxylic acids is 2. The molecule has 0 saturated carbocycles. The summed E-state index contributed by atoms with van der Waals surface area (Å²) in [7, 11) is 1.71. The average Bonchev–Trinajstić information content (AvgIpc) is 2.63. The molecule has 0 aliphatic carbocycles. The molecule has 0 fully saturated rings. The zero-order valence-corrected chi connectivity index (χ0v) is 16.7. The molecule has 0 bridgehead atoms. The maximum Gasteiger partial charge on any atom is 0.239 e. The molecule has 0 saturated heterocycles. The second kappa shape index (κ2) is 8.71. The van der Waals surface area contributed by atoms with E-state index in [-0.39, 0.29) is 17.9 Å². The number of nitrogens with zero attached hydrogens (tertiary/aromatic N) is 1. The standard InChI is InChI=1S/C22H28N2O3/c1-16(2)27-19-14-10-9-13-18(19)23-20(25)22(3,4)21(26)24(5)15-17-11-7-6-8-12-17/h6-14,16H,15H2,1-5H3,(H,23,25). The van der Waals surface area contributed by atoms with Crippen molar-refractivity contribution < 1.29 is 14.3 Å². The lowest BCUT2D eigenvalue weighted by atomic mass is 9.90. The fourth-order valence-electron chi connectivity index (χ4n) is 2.71. The van der Waals surface area contributed by atoms with E-state index in [0.29, 0.717) is 18.0 Å². The van der Waals surface area contributed by atoms with Gasteiger partial charge in [-0.15, -0.1) is 0 Å². The Hall–Kier alpha value is -2.82. The minimum Gasteiger partial charge on any atom is -0.489 e. The lowest BCUT2D eigenvalue weighted by Crippen LogP contribution is -2.45. The van der Waals surface area contributed by atoms with Crippen LogP contribution in [0, 0.1) is 5.41 Å². The molecule has 5 nitrogen and oxygen atoms in total. The van der Waals surface area contributed by atoms with Crippen LogP contribution >= 0.6 is 0 Å². The van der Waals surface area contributed by atoms with Gasteiger partial charge in [0.15, 0.2) is 0 Å². The normalized spacial score (nSPS) is 11.2. The molecule has 0 aliphatic heterocycles. The summed E-state index contributed by atoms with van der Waals surface area (Å²) in [6, 6.07) is 16.9. The summed E-state index contributed by atoms with van der Waals surface area (Å²) in [6.45, 7) is 7.56. The predicted octanol–water partition coefficient (Wildman–Crippen LogP) is 4.10. The summed E-state index contributed by atoms with van der Waals surface area (Å²) in [5, 5.41) is 2.84. The summed E-state index contributed by atoms with van der Waals surface area (Å²) < 4.78 is 5.74. The van der Waals surface area contributed by atoms with Crippen LogP contribution in [0.5, 0.6) is 5.75 Å². The molecule has 0 heterocycles. The van der Waals surface area contributed by atoms with Crippen molar-refractivity contribution in [3.8, 4) is 5.75 Å².